The molecule has 4 nitrogen and oxygen atoms in total. The van der Waals surface area contributed by atoms with Gasteiger partial charge in [-0.05, 0) is 74.3 Å². The van der Waals surface area contributed by atoms with Crippen molar-refractivity contribution in [2.45, 2.75) is 19.3 Å². The van der Waals surface area contributed by atoms with Gasteiger partial charge in [0.1, 0.15) is 17.1 Å². The van der Waals surface area contributed by atoms with E-state index in [2.05, 4.69) is 52.3 Å². The van der Waals surface area contributed by atoms with Crippen molar-refractivity contribution in [2.24, 2.45) is 0 Å². The van der Waals surface area contributed by atoms with Crippen molar-refractivity contribution in [1.29, 1.82) is 0 Å². The van der Waals surface area contributed by atoms with E-state index < -0.39 is 0 Å². The number of hydrogen-bond acceptors (Lipinski definition) is 4. The predicted molar refractivity (Wildman–Crippen MR) is 122 cm³/mol. The number of benzene rings is 2. The predicted octanol–water partition coefficient (Wildman–Crippen LogP) is 5.53. The van der Waals surface area contributed by atoms with Crippen molar-refractivity contribution < 1.29 is 9.15 Å². The molecule has 1 fully saturated rings. The van der Waals surface area contributed by atoms with Gasteiger partial charge in [-0.1, -0.05) is 18.2 Å². The Morgan fingerprint density at radius 3 is 2.55 bits per heavy atom. The van der Waals surface area contributed by atoms with Gasteiger partial charge in [0.25, 0.3) is 0 Å². The minimum absolute atomic E-state index is 0.748. The number of ether oxygens (including phenoxy) is 1. The molecule has 0 amide bonds. The molecule has 0 radical (unpaired) electrons. The summed E-state index contributed by atoms with van der Waals surface area (Å²) < 4.78 is 11.9. The molecule has 0 N–H and O–H groups in total. The van der Waals surface area contributed by atoms with Crippen molar-refractivity contribution >= 4 is 28.8 Å². The Kier molecular flexibility index (Phi) is 6.20. The van der Waals surface area contributed by atoms with Gasteiger partial charge in [-0.25, -0.2) is 0 Å². The summed E-state index contributed by atoms with van der Waals surface area (Å²) in [5.41, 5.74) is 3.21. The van der Waals surface area contributed by atoms with Crippen LogP contribution in [0.5, 0.6) is 5.75 Å². The highest BCUT2D eigenvalue weighted by Gasteiger charge is 2.10. The number of hydrogen-bond donors (Lipinski definition) is 0. The molecule has 1 saturated heterocycles. The van der Waals surface area contributed by atoms with E-state index in [0.717, 1.165) is 47.6 Å². The summed E-state index contributed by atoms with van der Waals surface area (Å²) in [5, 5.41) is 1.09. The van der Waals surface area contributed by atoms with Gasteiger partial charge in [0.2, 0.25) is 0 Å². The molecule has 29 heavy (non-hydrogen) atoms. The summed E-state index contributed by atoms with van der Waals surface area (Å²) in [4.78, 5) is 4.62. The third-order valence-electron chi connectivity index (χ3n) is 5.45. The lowest BCUT2D eigenvalue weighted by Crippen LogP contribution is -2.21. The van der Waals surface area contributed by atoms with E-state index in [4.69, 9.17) is 9.15 Å². The third-order valence-corrected chi connectivity index (χ3v) is 5.45. The third kappa shape index (κ3) is 5.21. The van der Waals surface area contributed by atoms with E-state index in [0.29, 0.717) is 0 Å². The summed E-state index contributed by atoms with van der Waals surface area (Å²) in [6.07, 6.45) is 7.84. The van der Waals surface area contributed by atoms with E-state index in [9.17, 15) is 0 Å². The zero-order valence-electron chi connectivity index (χ0n) is 17.4. The highest BCUT2D eigenvalue weighted by Crippen LogP contribution is 2.26. The van der Waals surface area contributed by atoms with Gasteiger partial charge < -0.3 is 19.0 Å². The summed E-state index contributed by atoms with van der Waals surface area (Å²) in [6, 6.07) is 16.6. The van der Waals surface area contributed by atoms with Gasteiger partial charge in [0.15, 0.2) is 0 Å². The first-order valence-corrected chi connectivity index (χ1v) is 10.5. The average Bonchev–Trinajstić information content (AvgIpc) is 3.39. The second kappa shape index (κ2) is 9.19. The SMILES string of the molecule is CN(C)c1ccc(/C=C/c2cc3ccc(OCCCN4CCCC4)cc3o2)cc1. The van der Waals surface area contributed by atoms with Crippen LogP contribution in [0.4, 0.5) is 5.69 Å². The Labute approximate surface area is 173 Å². The Balaban J connectivity index is 1.34. The molecule has 4 rings (SSSR count). The van der Waals surface area contributed by atoms with Crippen molar-refractivity contribution in [1.82, 2.24) is 4.90 Å². The van der Waals surface area contributed by atoms with Gasteiger partial charge >= 0.3 is 0 Å². The summed E-state index contributed by atoms with van der Waals surface area (Å²) in [6.45, 7) is 4.37. The van der Waals surface area contributed by atoms with Crippen LogP contribution in [0.15, 0.2) is 52.9 Å². The minimum atomic E-state index is 0.748. The highest BCUT2D eigenvalue weighted by molar-refractivity contribution is 5.83. The number of furan rings is 1. The first-order valence-electron chi connectivity index (χ1n) is 10.5. The van der Waals surface area contributed by atoms with E-state index in [1.165, 1.54) is 31.6 Å². The molecule has 0 saturated carbocycles. The monoisotopic (exact) mass is 390 g/mol. The van der Waals surface area contributed by atoms with Gasteiger partial charge in [-0.3, -0.25) is 0 Å². The van der Waals surface area contributed by atoms with Crippen LogP contribution in [0.25, 0.3) is 23.1 Å². The maximum Gasteiger partial charge on any atom is 0.138 e. The number of likely N-dealkylation sites (tertiary alicyclic amines) is 1. The highest BCUT2D eigenvalue weighted by atomic mass is 16.5. The van der Waals surface area contributed by atoms with E-state index in [-0.39, 0.29) is 0 Å². The maximum absolute atomic E-state index is 6.00. The van der Waals surface area contributed by atoms with Gasteiger partial charge in [-0.15, -0.1) is 0 Å². The molecule has 2 heterocycles. The molecule has 152 valence electrons. The molecule has 2 aromatic carbocycles. The Morgan fingerprint density at radius 1 is 1.00 bits per heavy atom. The van der Waals surface area contributed by atoms with Crippen molar-refractivity contribution in [3.05, 3.63) is 59.9 Å². The van der Waals surface area contributed by atoms with E-state index >= 15 is 0 Å². The zero-order valence-corrected chi connectivity index (χ0v) is 17.4. The van der Waals surface area contributed by atoms with Crippen LogP contribution in [0, 0.1) is 0 Å². The molecule has 1 aromatic heterocycles. The minimum Gasteiger partial charge on any atom is -0.493 e. The second-order valence-corrected chi connectivity index (χ2v) is 7.92. The maximum atomic E-state index is 6.00. The molecule has 0 bridgehead atoms. The topological polar surface area (TPSA) is 28.9 Å². The molecule has 1 aliphatic rings. The van der Waals surface area contributed by atoms with Crippen LogP contribution < -0.4 is 9.64 Å². The first kappa shape index (κ1) is 19.6. The summed E-state index contributed by atoms with van der Waals surface area (Å²) in [7, 11) is 4.09. The smallest absolute Gasteiger partial charge is 0.138 e. The lowest BCUT2D eigenvalue weighted by molar-refractivity contribution is 0.263. The normalized spacial score (nSPS) is 14.8. The van der Waals surface area contributed by atoms with Crippen LogP contribution in [0.1, 0.15) is 30.6 Å². The second-order valence-electron chi connectivity index (χ2n) is 7.92. The van der Waals surface area contributed by atoms with Crippen LogP contribution in [-0.2, 0) is 0 Å². The first-order chi connectivity index (χ1) is 14.2. The Bertz CT molecular complexity index is 951. The van der Waals surface area contributed by atoms with Crippen LogP contribution in [-0.4, -0.2) is 45.2 Å². The largest absolute Gasteiger partial charge is 0.493 e. The van der Waals surface area contributed by atoms with Crippen LogP contribution >= 0.6 is 0 Å². The lowest BCUT2D eigenvalue weighted by atomic mass is 10.1. The zero-order chi connectivity index (χ0) is 20.1. The van der Waals surface area contributed by atoms with Crippen molar-refractivity contribution in [3.63, 3.8) is 0 Å². The fourth-order valence-corrected chi connectivity index (χ4v) is 3.75. The Morgan fingerprint density at radius 2 is 1.79 bits per heavy atom. The number of nitrogens with zero attached hydrogens (tertiary/aromatic N) is 2. The molecule has 0 spiro atoms. The molecular weight excluding hydrogens is 360 g/mol. The number of anilines is 1. The molecule has 0 aliphatic carbocycles. The van der Waals surface area contributed by atoms with Crippen molar-refractivity contribution in [3.8, 4) is 5.75 Å². The average molecular weight is 391 g/mol. The lowest BCUT2D eigenvalue weighted by Gasteiger charge is -2.14. The van der Waals surface area contributed by atoms with Gasteiger partial charge in [-0.2, -0.15) is 0 Å². The van der Waals surface area contributed by atoms with Crippen LogP contribution in [0.3, 0.4) is 0 Å². The van der Waals surface area contributed by atoms with E-state index in [1.54, 1.807) is 0 Å². The number of rotatable bonds is 8. The standard InChI is InChI=1S/C25H30N2O2/c1-26(2)22-10-6-20(7-11-22)8-12-24-18-21-9-13-23(19-25(21)29-24)28-17-5-16-27-14-3-4-15-27/h6-13,18-19H,3-5,14-17H2,1-2H3/b12-8+. The Hall–Kier alpha value is -2.72. The molecule has 1 aliphatic heterocycles. The quantitative estimate of drug-likeness (QED) is 0.473. The summed E-state index contributed by atoms with van der Waals surface area (Å²) in [5.74, 6) is 1.73. The van der Waals surface area contributed by atoms with Crippen LogP contribution in [0.2, 0.25) is 0 Å². The molecule has 3 aromatic rings. The molecule has 4 heteroatoms. The van der Waals surface area contributed by atoms with Gasteiger partial charge in [0.05, 0.1) is 6.61 Å². The molecular formula is C25H30N2O2. The molecule has 0 unspecified atom stereocenters. The fourth-order valence-electron chi connectivity index (χ4n) is 3.75. The fraction of sp³-hybridized carbons (Fsp3) is 0.360. The van der Waals surface area contributed by atoms with Gasteiger partial charge in [0, 0.05) is 37.8 Å². The number of fused-ring (bicyclic) bond motifs is 1. The summed E-state index contributed by atoms with van der Waals surface area (Å²) >= 11 is 0. The van der Waals surface area contributed by atoms with E-state index in [1.807, 2.05) is 32.3 Å². The van der Waals surface area contributed by atoms with Crippen molar-refractivity contribution in [2.75, 3.05) is 45.2 Å². The molecule has 0 atom stereocenters.